The zero-order chi connectivity index (χ0) is 14.7. The fourth-order valence-electron chi connectivity index (χ4n) is 1.87. The van der Waals surface area contributed by atoms with Gasteiger partial charge in [-0.2, -0.15) is 0 Å². The van der Waals surface area contributed by atoms with Crippen molar-refractivity contribution in [3.05, 3.63) is 53.3 Å². The standard InChI is InChI=1S/C15H13FO4/c16-13-8-11(18)3-1-9(13)2-5-14(19)12-7-10(17)4-6-15(12)20/h1,3-4,6-8,17-18,20H,2,5H2. The summed E-state index contributed by atoms with van der Waals surface area (Å²) < 4.78 is 13.5. The second kappa shape index (κ2) is 5.61. The van der Waals surface area contributed by atoms with Crippen molar-refractivity contribution < 1.29 is 24.5 Å². The number of Topliss-reactive ketones (excluding diaryl/α,β-unsaturated/α-hetero) is 1. The quantitative estimate of drug-likeness (QED) is 0.592. The molecule has 0 saturated carbocycles. The Labute approximate surface area is 114 Å². The van der Waals surface area contributed by atoms with Crippen molar-refractivity contribution in [2.24, 2.45) is 0 Å². The minimum atomic E-state index is -0.585. The molecule has 0 radical (unpaired) electrons. The van der Waals surface area contributed by atoms with E-state index in [1.54, 1.807) is 0 Å². The van der Waals surface area contributed by atoms with Crippen molar-refractivity contribution in [3.63, 3.8) is 0 Å². The maximum atomic E-state index is 13.5. The number of ketones is 1. The second-order valence-electron chi connectivity index (χ2n) is 4.40. The molecule has 3 N–H and O–H groups in total. The van der Waals surface area contributed by atoms with Gasteiger partial charge in [-0.1, -0.05) is 6.07 Å². The highest BCUT2D eigenvalue weighted by Gasteiger charge is 2.13. The van der Waals surface area contributed by atoms with Crippen LogP contribution in [0.1, 0.15) is 22.3 Å². The van der Waals surface area contributed by atoms with Crippen molar-refractivity contribution in [2.45, 2.75) is 12.8 Å². The van der Waals surface area contributed by atoms with E-state index in [-0.39, 0.29) is 35.7 Å². The molecular weight excluding hydrogens is 263 g/mol. The van der Waals surface area contributed by atoms with Crippen LogP contribution < -0.4 is 0 Å². The van der Waals surface area contributed by atoms with Crippen LogP contribution >= 0.6 is 0 Å². The summed E-state index contributed by atoms with van der Waals surface area (Å²) in [5.74, 6) is -1.51. The highest BCUT2D eigenvalue weighted by Crippen LogP contribution is 2.24. The van der Waals surface area contributed by atoms with Crippen LogP contribution in [-0.2, 0) is 6.42 Å². The molecule has 2 aromatic carbocycles. The number of carbonyl (C=O) groups excluding carboxylic acids is 1. The monoisotopic (exact) mass is 276 g/mol. The minimum Gasteiger partial charge on any atom is -0.508 e. The van der Waals surface area contributed by atoms with Gasteiger partial charge in [0.25, 0.3) is 0 Å². The van der Waals surface area contributed by atoms with Gasteiger partial charge in [-0.25, -0.2) is 4.39 Å². The van der Waals surface area contributed by atoms with Crippen molar-refractivity contribution in [3.8, 4) is 17.2 Å². The molecule has 0 aliphatic rings. The molecule has 0 amide bonds. The Bertz CT molecular complexity index is 652. The van der Waals surface area contributed by atoms with Gasteiger partial charge in [0, 0.05) is 12.5 Å². The minimum absolute atomic E-state index is 0.00388. The highest BCUT2D eigenvalue weighted by molar-refractivity contribution is 5.99. The Morgan fingerprint density at radius 1 is 1.00 bits per heavy atom. The number of phenols is 3. The molecule has 0 fully saturated rings. The third-order valence-corrected chi connectivity index (χ3v) is 2.94. The van der Waals surface area contributed by atoms with Gasteiger partial charge >= 0.3 is 0 Å². The van der Waals surface area contributed by atoms with Crippen LogP contribution in [0.2, 0.25) is 0 Å². The SMILES string of the molecule is O=C(CCc1ccc(O)cc1F)c1cc(O)ccc1O. The van der Waals surface area contributed by atoms with Crippen LogP contribution in [0, 0.1) is 5.82 Å². The molecule has 0 aliphatic heterocycles. The molecule has 20 heavy (non-hydrogen) atoms. The summed E-state index contributed by atoms with van der Waals surface area (Å²) >= 11 is 0. The largest absolute Gasteiger partial charge is 0.508 e. The first-order chi connectivity index (χ1) is 9.47. The van der Waals surface area contributed by atoms with E-state index in [1.807, 2.05) is 0 Å². The van der Waals surface area contributed by atoms with Gasteiger partial charge in [-0.3, -0.25) is 4.79 Å². The summed E-state index contributed by atoms with van der Waals surface area (Å²) in [4.78, 5) is 11.9. The summed E-state index contributed by atoms with van der Waals surface area (Å²) in [5.41, 5.74) is 0.306. The Kier molecular flexibility index (Phi) is 3.89. The van der Waals surface area contributed by atoms with Crippen molar-refractivity contribution in [1.82, 2.24) is 0 Å². The van der Waals surface area contributed by atoms with Gasteiger partial charge in [-0.15, -0.1) is 0 Å². The van der Waals surface area contributed by atoms with E-state index in [4.69, 9.17) is 5.11 Å². The van der Waals surface area contributed by atoms with Crippen molar-refractivity contribution in [2.75, 3.05) is 0 Å². The van der Waals surface area contributed by atoms with Crippen LogP contribution in [0.4, 0.5) is 4.39 Å². The molecule has 0 atom stereocenters. The number of benzene rings is 2. The van der Waals surface area contributed by atoms with E-state index in [0.29, 0.717) is 5.56 Å². The van der Waals surface area contributed by atoms with E-state index < -0.39 is 11.6 Å². The zero-order valence-corrected chi connectivity index (χ0v) is 10.5. The fraction of sp³-hybridized carbons (Fsp3) is 0.133. The summed E-state index contributed by atoms with van der Waals surface area (Å²) in [5, 5.41) is 27.9. The molecule has 0 aliphatic carbocycles. The van der Waals surface area contributed by atoms with Crippen LogP contribution in [-0.4, -0.2) is 21.1 Å². The van der Waals surface area contributed by atoms with Gasteiger partial charge in [0.05, 0.1) is 5.56 Å². The normalized spacial score (nSPS) is 10.4. The molecule has 0 unspecified atom stereocenters. The van der Waals surface area contributed by atoms with E-state index >= 15 is 0 Å². The van der Waals surface area contributed by atoms with Gasteiger partial charge in [-0.05, 0) is 36.2 Å². The summed E-state index contributed by atoms with van der Waals surface area (Å²) in [6.07, 6.45) is 0.124. The second-order valence-corrected chi connectivity index (χ2v) is 4.40. The lowest BCUT2D eigenvalue weighted by atomic mass is 10.0. The van der Waals surface area contributed by atoms with Gasteiger partial charge in [0.1, 0.15) is 23.1 Å². The predicted molar refractivity (Wildman–Crippen MR) is 70.5 cm³/mol. The maximum Gasteiger partial charge on any atom is 0.167 e. The van der Waals surface area contributed by atoms with Crippen LogP contribution in [0.3, 0.4) is 0 Å². The molecule has 4 nitrogen and oxygen atoms in total. The first kappa shape index (κ1) is 13.9. The molecule has 5 heteroatoms. The molecule has 0 saturated heterocycles. The lowest BCUT2D eigenvalue weighted by molar-refractivity contribution is 0.0979. The molecule has 0 aromatic heterocycles. The van der Waals surface area contributed by atoms with Gasteiger partial charge in [0.2, 0.25) is 0 Å². The number of rotatable bonds is 4. The lowest BCUT2D eigenvalue weighted by Crippen LogP contribution is -2.02. The third-order valence-electron chi connectivity index (χ3n) is 2.94. The topological polar surface area (TPSA) is 77.8 Å². The van der Waals surface area contributed by atoms with Crippen LogP contribution in [0.5, 0.6) is 17.2 Å². The first-order valence-corrected chi connectivity index (χ1v) is 6.00. The van der Waals surface area contributed by atoms with E-state index in [1.165, 1.54) is 30.3 Å². The summed E-state index contributed by atoms with van der Waals surface area (Å²) in [7, 11) is 0. The van der Waals surface area contributed by atoms with E-state index in [2.05, 4.69) is 0 Å². The molecule has 0 bridgehead atoms. The van der Waals surface area contributed by atoms with E-state index in [0.717, 1.165) is 6.07 Å². The lowest BCUT2D eigenvalue weighted by Gasteiger charge is -2.06. The molecule has 104 valence electrons. The average molecular weight is 276 g/mol. The Balaban J connectivity index is 2.10. The number of hydrogen-bond acceptors (Lipinski definition) is 4. The third kappa shape index (κ3) is 3.06. The molecular formula is C15H13FO4. The molecule has 2 aromatic rings. The number of aryl methyl sites for hydroxylation is 1. The number of hydrogen-bond donors (Lipinski definition) is 3. The fourth-order valence-corrected chi connectivity index (χ4v) is 1.87. The molecule has 2 rings (SSSR count). The van der Waals surface area contributed by atoms with Crippen LogP contribution in [0.15, 0.2) is 36.4 Å². The average Bonchev–Trinajstić information content (AvgIpc) is 2.40. The number of aromatic hydroxyl groups is 3. The van der Waals surface area contributed by atoms with Crippen molar-refractivity contribution in [1.29, 1.82) is 0 Å². The number of halogens is 1. The van der Waals surface area contributed by atoms with Gasteiger partial charge in [0.15, 0.2) is 5.78 Å². The van der Waals surface area contributed by atoms with Crippen molar-refractivity contribution >= 4 is 5.78 Å². The molecule has 0 spiro atoms. The zero-order valence-electron chi connectivity index (χ0n) is 10.5. The Hall–Kier alpha value is -2.56. The summed E-state index contributed by atoms with van der Waals surface area (Å²) in [6.45, 7) is 0. The number of phenolic OH excluding ortho intramolecular Hbond substituents is 3. The van der Waals surface area contributed by atoms with E-state index in [9.17, 15) is 19.4 Å². The van der Waals surface area contributed by atoms with Gasteiger partial charge < -0.3 is 15.3 Å². The maximum absolute atomic E-state index is 13.5. The smallest absolute Gasteiger partial charge is 0.167 e. The Morgan fingerprint density at radius 3 is 2.35 bits per heavy atom. The highest BCUT2D eigenvalue weighted by atomic mass is 19.1. The Morgan fingerprint density at radius 2 is 1.65 bits per heavy atom. The summed E-state index contributed by atoms with van der Waals surface area (Å²) in [6, 6.07) is 7.39. The molecule has 0 heterocycles. The predicted octanol–water partition coefficient (Wildman–Crippen LogP) is 2.76. The van der Waals surface area contributed by atoms with Crippen LogP contribution in [0.25, 0.3) is 0 Å². The number of carbonyl (C=O) groups is 1. The first-order valence-electron chi connectivity index (χ1n) is 6.00.